The molecule has 0 atom stereocenters. The molecule has 0 fully saturated rings. The van der Waals surface area contributed by atoms with Crippen LogP contribution in [0.2, 0.25) is 0 Å². The molecule has 0 saturated heterocycles. The maximum absolute atomic E-state index is 11.5. The van der Waals surface area contributed by atoms with Crippen LogP contribution in [0, 0.1) is 4.77 Å². The number of fused-ring (bicyclic) bond motifs is 1. The van der Waals surface area contributed by atoms with Gasteiger partial charge in [0.25, 0.3) is 5.78 Å². The molecule has 0 radical (unpaired) electrons. The van der Waals surface area contributed by atoms with E-state index < -0.39 is 0 Å². The lowest BCUT2D eigenvalue weighted by Crippen LogP contribution is -2.18. The number of aromatic nitrogens is 5. The van der Waals surface area contributed by atoms with Crippen molar-refractivity contribution in [2.75, 3.05) is 0 Å². The van der Waals surface area contributed by atoms with Gasteiger partial charge >= 0.3 is 5.69 Å². The van der Waals surface area contributed by atoms with E-state index in [1.807, 2.05) is 17.5 Å². The number of rotatable bonds is 1. The van der Waals surface area contributed by atoms with Crippen molar-refractivity contribution in [1.29, 1.82) is 0 Å². The van der Waals surface area contributed by atoms with E-state index in [0.29, 0.717) is 5.82 Å². The van der Waals surface area contributed by atoms with Crippen molar-refractivity contribution in [3.8, 4) is 10.7 Å². The Kier molecular flexibility index (Phi) is 1.98. The van der Waals surface area contributed by atoms with Crippen LogP contribution in [0.3, 0.4) is 0 Å². The molecule has 0 spiro atoms. The van der Waals surface area contributed by atoms with E-state index in [-0.39, 0.29) is 16.2 Å². The Morgan fingerprint density at radius 3 is 3.06 bits per heavy atom. The van der Waals surface area contributed by atoms with E-state index in [9.17, 15) is 4.79 Å². The summed E-state index contributed by atoms with van der Waals surface area (Å²) in [5.41, 5.74) is -0.370. The quantitative estimate of drug-likeness (QED) is 0.637. The zero-order valence-electron chi connectivity index (χ0n) is 7.80. The summed E-state index contributed by atoms with van der Waals surface area (Å²) in [6.07, 6.45) is 0. The monoisotopic (exact) mass is 251 g/mol. The molecule has 0 aromatic carbocycles. The summed E-state index contributed by atoms with van der Waals surface area (Å²) in [6, 6.07) is 3.82. The Labute approximate surface area is 97.6 Å². The van der Waals surface area contributed by atoms with Crippen LogP contribution in [0.5, 0.6) is 0 Å². The summed E-state index contributed by atoms with van der Waals surface area (Å²) in [6.45, 7) is 0. The normalized spacial score (nSPS) is 11.0. The van der Waals surface area contributed by atoms with E-state index in [1.54, 1.807) is 0 Å². The predicted octanol–water partition coefficient (Wildman–Crippen LogP) is 1.20. The molecule has 0 bridgehead atoms. The van der Waals surface area contributed by atoms with Gasteiger partial charge in [-0.15, -0.1) is 11.3 Å². The average Bonchev–Trinajstić information content (AvgIpc) is 2.82. The average molecular weight is 251 g/mol. The van der Waals surface area contributed by atoms with Crippen LogP contribution in [0.4, 0.5) is 0 Å². The second-order valence-corrected chi connectivity index (χ2v) is 4.37. The van der Waals surface area contributed by atoms with Gasteiger partial charge in [-0.1, -0.05) is 6.07 Å². The van der Waals surface area contributed by atoms with Crippen molar-refractivity contribution in [3.05, 3.63) is 32.8 Å². The Bertz CT molecular complexity index is 751. The van der Waals surface area contributed by atoms with Gasteiger partial charge in [-0.3, -0.25) is 10.1 Å². The second kappa shape index (κ2) is 3.35. The van der Waals surface area contributed by atoms with Crippen LogP contribution in [0.25, 0.3) is 16.5 Å². The van der Waals surface area contributed by atoms with Crippen LogP contribution < -0.4 is 5.69 Å². The fourth-order valence-corrected chi connectivity index (χ4v) is 2.17. The summed E-state index contributed by atoms with van der Waals surface area (Å²) in [4.78, 5) is 23.0. The molecule has 16 heavy (non-hydrogen) atoms. The molecule has 3 rings (SSSR count). The summed E-state index contributed by atoms with van der Waals surface area (Å²) in [5, 5.41) is 4.79. The summed E-state index contributed by atoms with van der Waals surface area (Å²) in [7, 11) is 0. The van der Waals surface area contributed by atoms with Gasteiger partial charge in [0.1, 0.15) is 0 Å². The number of hydrogen-bond donors (Lipinski definition) is 2. The van der Waals surface area contributed by atoms with Gasteiger partial charge < -0.3 is 0 Å². The van der Waals surface area contributed by atoms with Crippen molar-refractivity contribution in [3.63, 3.8) is 0 Å². The first kappa shape index (κ1) is 9.43. The topological polar surface area (TPSA) is 78.8 Å². The van der Waals surface area contributed by atoms with E-state index in [1.165, 1.54) is 15.9 Å². The molecular weight excluding hydrogens is 246 g/mol. The lowest BCUT2D eigenvalue weighted by molar-refractivity contribution is 0.835. The summed E-state index contributed by atoms with van der Waals surface area (Å²) < 4.78 is 1.36. The van der Waals surface area contributed by atoms with Crippen molar-refractivity contribution in [2.45, 2.75) is 0 Å². The first-order valence-electron chi connectivity index (χ1n) is 4.37. The van der Waals surface area contributed by atoms with Crippen LogP contribution in [0.1, 0.15) is 0 Å². The highest BCUT2D eigenvalue weighted by molar-refractivity contribution is 7.71. The first-order valence-corrected chi connectivity index (χ1v) is 5.66. The van der Waals surface area contributed by atoms with Gasteiger partial charge in [-0.2, -0.15) is 14.5 Å². The molecule has 0 aliphatic rings. The van der Waals surface area contributed by atoms with Crippen LogP contribution in [0.15, 0.2) is 22.3 Å². The third kappa shape index (κ3) is 1.39. The van der Waals surface area contributed by atoms with Crippen molar-refractivity contribution >= 4 is 29.3 Å². The minimum absolute atomic E-state index is 0.134. The molecule has 8 heteroatoms. The maximum atomic E-state index is 11.5. The third-order valence-corrected chi connectivity index (χ3v) is 3.07. The molecule has 3 aromatic rings. The molecule has 6 nitrogen and oxygen atoms in total. The molecule has 80 valence electrons. The predicted molar refractivity (Wildman–Crippen MR) is 62.1 cm³/mol. The minimum Gasteiger partial charge on any atom is -0.281 e. The molecule has 0 aliphatic heterocycles. The first-order chi connectivity index (χ1) is 7.74. The zero-order chi connectivity index (χ0) is 11.1. The van der Waals surface area contributed by atoms with E-state index >= 15 is 0 Å². The van der Waals surface area contributed by atoms with Crippen LogP contribution >= 0.6 is 23.6 Å². The van der Waals surface area contributed by atoms with Crippen molar-refractivity contribution in [2.24, 2.45) is 0 Å². The molecule has 0 unspecified atom stereocenters. The SMILES string of the molecule is O=c1[nH]c(=S)nc2nc(-c3cccs3)[nH]n12. The molecule has 0 amide bonds. The van der Waals surface area contributed by atoms with E-state index in [0.717, 1.165) is 4.88 Å². The van der Waals surface area contributed by atoms with E-state index in [4.69, 9.17) is 12.2 Å². The highest BCUT2D eigenvalue weighted by atomic mass is 32.1. The Morgan fingerprint density at radius 2 is 2.31 bits per heavy atom. The number of nitrogens with zero attached hydrogens (tertiary/aromatic N) is 3. The largest absolute Gasteiger partial charge is 0.349 e. The van der Waals surface area contributed by atoms with Gasteiger partial charge in [-0.05, 0) is 23.7 Å². The molecule has 2 N–H and O–H groups in total. The van der Waals surface area contributed by atoms with Gasteiger partial charge in [0.15, 0.2) is 5.82 Å². The maximum Gasteiger partial charge on any atom is 0.349 e. The third-order valence-electron chi connectivity index (χ3n) is 2.00. The number of nitrogens with one attached hydrogen (secondary N) is 2. The highest BCUT2D eigenvalue weighted by Gasteiger charge is 2.07. The van der Waals surface area contributed by atoms with Gasteiger partial charge in [0.2, 0.25) is 4.77 Å². The van der Waals surface area contributed by atoms with Crippen LogP contribution in [-0.4, -0.2) is 24.6 Å². The van der Waals surface area contributed by atoms with Gasteiger partial charge in [-0.25, -0.2) is 4.79 Å². The molecule has 0 saturated carbocycles. The van der Waals surface area contributed by atoms with Crippen molar-refractivity contribution in [1.82, 2.24) is 24.6 Å². The Balaban J connectivity index is 2.36. The fraction of sp³-hybridized carbons (Fsp3) is 0. The molecule has 0 aliphatic carbocycles. The Morgan fingerprint density at radius 1 is 1.44 bits per heavy atom. The lowest BCUT2D eigenvalue weighted by Gasteiger charge is -1.87. The Hall–Kier alpha value is -1.80. The molecular formula is C8H5N5OS2. The molecule has 3 heterocycles. The van der Waals surface area contributed by atoms with E-state index in [2.05, 4.69) is 20.1 Å². The van der Waals surface area contributed by atoms with Gasteiger partial charge in [0, 0.05) is 0 Å². The second-order valence-electron chi connectivity index (χ2n) is 3.03. The highest BCUT2D eigenvalue weighted by Crippen LogP contribution is 2.20. The number of H-pyrrole nitrogens is 2. The summed E-state index contributed by atoms with van der Waals surface area (Å²) >= 11 is 6.33. The fourth-order valence-electron chi connectivity index (χ4n) is 1.34. The van der Waals surface area contributed by atoms with Crippen molar-refractivity contribution < 1.29 is 0 Å². The summed E-state index contributed by atoms with van der Waals surface area (Å²) in [5.74, 6) is 0.880. The smallest absolute Gasteiger partial charge is 0.281 e. The number of aromatic amines is 2. The minimum atomic E-state index is -0.370. The molecule has 3 aromatic heterocycles. The standard InChI is InChI=1S/C8H5N5OS2/c14-8-11-7(15)10-6-9-5(12-13(6)8)4-2-1-3-16-4/h1-3H,(H2,9,10,11,12,14,15). The number of hydrogen-bond acceptors (Lipinski definition) is 5. The number of thiophene rings is 1. The lowest BCUT2D eigenvalue weighted by atomic mass is 10.4. The zero-order valence-corrected chi connectivity index (χ0v) is 9.43. The van der Waals surface area contributed by atoms with Crippen LogP contribution in [-0.2, 0) is 0 Å². The van der Waals surface area contributed by atoms with Gasteiger partial charge in [0.05, 0.1) is 4.88 Å².